The van der Waals surface area contributed by atoms with E-state index in [1.54, 1.807) is 13.8 Å². The second-order valence-electron chi connectivity index (χ2n) is 3.75. The largest absolute Gasteiger partial charge is 0.477 e. The van der Waals surface area contributed by atoms with Gasteiger partial charge in [-0.2, -0.15) is 0 Å². The summed E-state index contributed by atoms with van der Waals surface area (Å²) >= 11 is 0.840. The first kappa shape index (κ1) is 13.6. The van der Waals surface area contributed by atoms with Gasteiger partial charge in [-0.1, -0.05) is 5.16 Å². The molecule has 0 aliphatic heterocycles. The van der Waals surface area contributed by atoms with Gasteiger partial charge in [0.1, 0.15) is 9.77 Å². The zero-order valence-corrected chi connectivity index (χ0v) is 11.6. The van der Waals surface area contributed by atoms with Crippen molar-refractivity contribution in [1.82, 2.24) is 5.16 Å². The first-order valence-electron chi connectivity index (χ1n) is 5.09. The van der Waals surface area contributed by atoms with Gasteiger partial charge in [-0.3, -0.25) is 0 Å². The summed E-state index contributed by atoms with van der Waals surface area (Å²) in [5, 5.41) is 13.9. The molecule has 19 heavy (non-hydrogen) atoms. The topological polar surface area (TPSA) is 110 Å². The standard InChI is InChI=1S/C10H10N2O5S2/c1-5-6(2)11-17-9(5)12-19(15,16)7-3-4-18-8(7)10(13)14/h3-4,12H,1-2H3,(H,13,14). The van der Waals surface area contributed by atoms with Crippen LogP contribution in [0.15, 0.2) is 20.9 Å². The van der Waals surface area contributed by atoms with E-state index in [0.29, 0.717) is 11.3 Å². The van der Waals surface area contributed by atoms with Crippen LogP contribution in [0.3, 0.4) is 0 Å². The Morgan fingerprint density at radius 3 is 2.68 bits per heavy atom. The number of hydrogen-bond acceptors (Lipinski definition) is 6. The predicted molar refractivity (Wildman–Crippen MR) is 68.1 cm³/mol. The van der Waals surface area contributed by atoms with Crippen LogP contribution in [0.5, 0.6) is 0 Å². The molecule has 2 N–H and O–H groups in total. The lowest BCUT2D eigenvalue weighted by Crippen LogP contribution is -2.15. The SMILES string of the molecule is Cc1noc(NS(=O)(=O)c2ccsc2C(=O)O)c1C. The van der Waals surface area contributed by atoms with Gasteiger partial charge < -0.3 is 9.63 Å². The van der Waals surface area contributed by atoms with Gasteiger partial charge >= 0.3 is 5.97 Å². The molecular formula is C10H10N2O5S2. The molecule has 0 saturated carbocycles. The quantitative estimate of drug-likeness (QED) is 0.892. The number of aryl methyl sites for hydroxylation is 1. The highest BCUT2D eigenvalue weighted by molar-refractivity contribution is 7.93. The lowest BCUT2D eigenvalue weighted by molar-refractivity contribution is 0.0698. The van der Waals surface area contributed by atoms with Gasteiger partial charge in [0.15, 0.2) is 0 Å². The highest BCUT2D eigenvalue weighted by Crippen LogP contribution is 2.26. The summed E-state index contributed by atoms with van der Waals surface area (Å²) in [7, 11) is -4.01. The lowest BCUT2D eigenvalue weighted by Gasteiger charge is -2.04. The molecule has 2 aromatic heterocycles. The van der Waals surface area contributed by atoms with Crippen molar-refractivity contribution in [3.8, 4) is 0 Å². The van der Waals surface area contributed by atoms with E-state index in [-0.39, 0.29) is 15.7 Å². The zero-order valence-electron chi connectivity index (χ0n) is 10.00. The minimum Gasteiger partial charge on any atom is -0.477 e. The Kier molecular flexibility index (Phi) is 3.33. The number of anilines is 1. The van der Waals surface area contributed by atoms with Crippen LogP contribution in [0, 0.1) is 13.8 Å². The van der Waals surface area contributed by atoms with Crippen LogP contribution in [-0.4, -0.2) is 24.7 Å². The molecule has 0 amide bonds. The molecule has 0 radical (unpaired) electrons. The van der Waals surface area contributed by atoms with E-state index in [9.17, 15) is 13.2 Å². The van der Waals surface area contributed by atoms with Crippen molar-refractivity contribution in [2.75, 3.05) is 4.72 Å². The first-order chi connectivity index (χ1) is 8.83. The number of carboxylic acids is 1. The molecule has 0 unspecified atom stereocenters. The van der Waals surface area contributed by atoms with E-state index in [4.69, 9.17) is 9.63 Å². The van der Waals surface area contributed by atoms with E-state index in [2.05, 4.69) is 9.88 Å². The number of aromatic carboxylic acids is 1. The van der Waals surface area contributed by atoms with E-state index in [0.717, 1.165) is 11.3 Å². The fourth-order valence-corrected chi connectivity index (χ4v) is 3.66. The molecule has 2 rings (SSSR count). The summed E-state index contributed by atoms with van der Waals surface area (Å²) in [4.78, 5) is 10.4. The number of sulfonamides is 1. The second kappa shape index (κ2) is 4.67. The average Bonchev–Trinajstić information content (AvgIpc) is 2.91. The smallest absolute Gasteiger partial charge is 0.347 e. The minimum atomic E-state index is -4.01. The van der Waals surface area contributed by atoms with Crippen LogP contribution in [-0.2, 0) is 10.0 Å². The van der Waals surface area contributed by atoms with E-state index >= 15 is 0 Å². The average molecular weight is 302 g/mol. The van der Waals surface area contributed by atoms with Crippen LogP contribution in [0.2, 0.25) is 0 Å². The van der Waals surface area contributed by atoms with Crippen molar-refractivity contribution in [1.29, 1.82) is 0 Å². The molecule has 7 nitrogen and oxygen atoms in total. The number of thiophene rings is 1. The van der Waals surface area contributed by atoms with Gasteiger partial charge in [0.25, 0.3) is 10.0 Å². The summed E-state index contributed by atoms with van der Waals surface area (Å²) in [5.41, 5.74) is 1.11. The summed E-state index contributed by atoms with van der Waals surface area (Å²) in [5.74, 6) is -1.30. The molecule has 0 fully saturated rings. The minimum absolute atomic E-state index is 0.0139. The highest BCUT2D eigenvalue weighted by Gasteiger charge is 2.25. The molecule has 0 aromatic carbocycles. The van der Waals surface area contributed by atoms with E-state index in [1.807, 2.05) is 0 Å². The highest BCUT2D eigenvalue weighted by atomic mass is 32.2. The van der Waals surface area contributed by atoms with Crippen LogP contribution in [0.25, 0.3) is 0 Å². The Hall–Kier alpha value is -1.87. The molecule has 102 valence electrons. The zero-order chi connectivity index (χ0) is 14.2. The van der Waals surface area contributed by atoms with Crippen LogP contribution < -0.4 is 4.72 Å². The Morgan fingerprint density at radius 2 is 2.16 bits per heavy atom. The number of hydrogen-bond donors (Lipinski definition) is 2. The van der Waals surface area contributed by atoms with Gasteiger partial charge in [-0.25, -0.2) is 17.9 Å². The summed E-state index contributed by atoms with van der Waals surface area (Å²) in [6.07, 6.45) is 0. The molecule has 9 heteroatoms. The van der Waals surface area contributed by atoms with Crippen molar-refractivity contribution in [2.45, 2.75) is 18.7 Å². The molecule has 0 saturated heterocycles. The van der Waals surface area contributed by atoms with Gasteiger partial charge in [0.2, 0.25) is 5.88 Å². The third kappa shape index (κ3) is 2.47. The Balaban J connectivity index is 2.41. The van der Waals surface area contributed by atoms with Gasteiger partial charge in [-0.05, 0) is 25.3 Å². The predicted octanol–water partition coefficient (Wildman–Crippen LogP) is 1.85. The maximum absolute atomic E-state index is 12.1. The molecule has 2 aromatic rings. The van der Waals surface area contributed by atoms with Crippen molar-refractivity contribution >= 4 is 33.2 Å². The number of aromatic nitrogens is 1. The summed E-state index contributed by atoms with van der Waals surface area (Å²) < 4.78 is 31.2. The first-order valence-corrected chi connectivity index (χ1v) is 7.45. The monoisotopic (exact) mass is 302 g/mol. The normalized spacial score (nSPS) is 11.5. The third-order valence-electron chi connectivity index (χ3n) is 2.50. The second-order valence-corrected chi connectivity index (χ2v) is 6.31. The fourth-order valence-electron chi connectivity index (χ4n) is 1.35. The number of carbonyl (C=O) groups is 1. The summed E-state index contributed by atoms with van der Waals surface area (Å²) in [6, 6.07) is 1.23. The molecule has 0 spiro atoms. The van der Waals surface area contributed by atoms with E-state index in [1.165, 1.54) is 11.4 Å². The molecule has 0 aliphatic carbocycles. The van der Waals surface area contributed by atoms with Crippen LogP contribution in [0.4, 0.5) is 5.88 Å². The number of carboxylic acid groups (broad SMARTS) is 1. The lowest BCUT2D eigenvalue weighted by atomic mass is 10.3. The third-order valence-corrected chi connectivity index (χ3v) is 4.90. The van der Waals surface area contributed by atoms with Crippen molar-refractivity contribution in [3.63, 3.8) is 0 Å². The van der Waals surface area contributed by atoms with Crippen LogP contribution >= 0.6 is 11.3 Å². The van der Waals surface area contributed by atoms with Crippen molar-refractivity contribution < 1.29 is 22.8 Å². The van der Waals surface area contributed by atoms with Gasteiger partial charge in [0.05, 0.1) is 5.69 Å². The van der Waals surface area contributed by atoms with Gasteiger partial charge in [0, 0.05) is 5.56 Å². The Bertz CT molecular complexity index is 729. The maximum Gasteiger partial charge on any atom is 0.347 e. The summed E-state index contributed by atoms with van der Waals surface area (Å²) in [6.45, 7) is 3.32. The molecule has 0 bridgehead atoms. The Morgan fingerprint density at radius 1 is 1.47 bits per heavy atom. The van der Waals surface area contributed by atoms with Crippen molar-refractivity contribution in [2.24, 2.45) is 0 Å². The maximum atomic E-state index is 12.1. The molecule has 0 atom stereocenters. The number of rotatable bonds is 4. The fraction of sp³-hybridized carbons (Fsp3) is 0.200. The molecule has 2 heterocycles. The Labute approximate surface area is 112 Å². The van der Waals surface area contributed by atoms with Crippen molar-refractivity contribution in [3.05, 3.63) is 27.6 Å². The molecular weight excluding hydrogens is 292 g/mol. The number of nitrogens with one attached hydrogen (secondary N) is 1. The number of nitrogens with zero attached hydrogens (tertiary/aromatic N) is 1. The van der Waals surface area contributed by atoms with Gasteiger partial charge in [-0.15, -0.1) is 11.3 Å². The van der Waals surface area contributed by atoms with E-state index < -0.39 is 16.0 Å². The van der Waals surface area contributed by atoms with Crippen LogP contribution in [0.1, 0.15) is 20.9 Å². The molecule has 0 aliphatic rings.